The number of urea groups is 1. The first-order chi connectivity index (χ1) is 4.00. The van der Waals surface area contributed by atoms with Gasteiger partial charge in [-0.1, -0.05) is 6.58 Å². The third kappa shape index (κ3) is 240. The Kier molecular flexibility index (Phi) is 8.12. The molecular weight excluding hydrogens is 120 g/mol. The highest BCUT2D eigenvalue weighted by Gasteiger charge is 1.65. The molecule has 4 N–H and O–H groups in total. The molecule has 0 aliphatic carbocycles. The summed E-state index contributed by atoms with van der Waals surface area (Å²) in [5.74, 6) is 0.755. The van der Waals surface area contributed by atoms with Crippen LogP contribution in [0.5, 0.6) is 0 Å². The van der Waals surface area contributed by atoms with Crippen LogP contribution in [0.4, 0.5) is 4.79 Å². The first kappa shape index (κ1) is 10.7. The SMILES string of the molecule is C=C(C)OC.NC(N)=O. The summed E-state index contributed by atoms with van der Waals surface area (Å²) in [4.78, 5) is 9.00. The fourth-order valence-corrected chi connectivity index (χ4v) is 0. The lowest BCUT2D eigenvalue weighted by atomic mass is 10.7. The highest BCUT2D eigenvalue weighted by atomic mass is 16.5. The molecule has 0 rings (SSSR count). The predicted molar refractivity (Wildman–Crippen MR) is 35.6 cm³/mol. The van der Waals surface area contributed by atoms with Crippen LogP contribution in [0.25, 0.3) is 0 Å². The number of carbonyl (C=O) groups excluding carboxylic acids is 1. The molecule has 2 amide bonds. The standard InChI is InChI=1S/C4H8O.CH4N2O/c1-4(2)5-3;2-1(3)4/h1H2,2-3H3;(H4,2,3,4). The van der Waals surface area contributed by atoms with Gasteiger partial charge >= 0.3 is 6.03 Å². The van der Waals surface area contributed by atoms with Gasteiger partial charge in [0.1, 0.15) is 0 Å². The van der Waals surface area contributed by atoms with E-state index in [1.165, 1.54) is 0 Å². The molecule has 4 heteroatoms. The van der Waals surface area contributed by atoms with Gasteiger partial charge in [0.25, 0.3) is 0 Å². The number of methoxy groups -OCH3 is 1. The summed E-state index contributed by atoms with van der Waals surface area (Å²) in [6, 6.07) is -0.833. The number of ether oxygens (including phenoxy) is 1. The smallest absolute Gasteiger partial charge is 0.309 e. The van der Waals surface area contributed by atoms with Crippen LogP contribution in [0.15, 0.2) is 12.3 Å². The van der Waals surface area contributed by atoms with Crippen molar-refractivity contribution in [3.8, 4) is 0 Å². The van der Waals surface area contributed by atoms with Crippen molar-refractivity contribution in [2.75, 3.05) is 7.11 Å². The van der Waals surface area contributed by atoms with Gasteiger partial charge in [-0.25, -0.2) is 4.79 Å². The maximum atomic E-state index is 9.00. The maximum absolute atomic E-state index is 9.00. The zero-order valence-corrected chi connectivity index (χ0v) is 5.68. The van der Waals surface area contributed by atoms with Gasteiger partial charge in [-0.05, 0) is 6.92 Å². The molecule has 0 atom stereocenters. The zero-order chi connectivity index (χ0) is 7.86. The number of allylic oxidation sites excluding steroid dienone is 1. The van der Waals surface area contributed by atoms with Crippen LogP contribution in [-0.2, 0) is 4.74 Å². The van der Waals surface area contributed by atoms with Crippen molar-refractivity contribution in [1.29, 1.82) is 0 Å². The number of nitrogens with two attached hydrogens (primary N) is 2. The molecule has 9 heavy (non-hydrogen) atoms. The summed E-state index contributed by atoms with van der Waals surface area (Å²) in [6.07, 6.45) is 0. The van der Waals surface area contributed by atoms with Gasteiger partial charge in [0.05, 0.1) is 12.9 Å². The normalized spacial score (nSPS) is 6.44. The summed E-state index contributed by atoms with van der Waals surface area (Å²) in [5, 5.41) is 0. The summed E-state index contributed by atoms with van der Waals surface area (Å²) in [5.41, 5.74) is 8.50. The van der Waals surface area contributed by atoms with Gasteiger partial charge in [0.15, 0.2) is 0 Å². The second-order valence-corrected chi connectivity index (χ2v) is 1.31. The Morgan fingerprint density at radius 2 is 1.67 bits per heavy atom. The fourth-order valence-electron chi connectivity index (χ4n) is 0. The zero-order valence-electron chi connectivity index (χ0n) is 5.68. The third-order valence-electron chi connectivity index (χ3n) is 0.348. The summed E-state index contributed by atoms with van der Waals surface area (Å²) in [6.45, 7) is 5.26. The Morgan fingerprint density at radius 3 is 1.67 bits per heavy atom. The predicted octanol–water partition coefficient (Wildman–Crippen LogP) is 0.190. The first-order valence-corrected chi connectivity index (χ1v) is 2.25. The minimum atomic E-state index is -0.833. The topological polar surface area (TPSA) is 78.3 Å². The highest BCUT2D eigenvalue weighted by molar-refractivity contribution is 5.69. The molecule has 0 fully saturated rings. The molecule has 0 bridgehead atoms. The van der Waals surface area contributed by atoms with Crippen LogP contribution >= 0.6 is 0 Å². The highest BCUT2D eigenvalue weighted by Crippen LogP contribution is 1.80. The number of hydrogen-bond donors (Lipinski definition) is 2. The van der Waals surface area contributed by atoms with E-state index in [-0.39, 0.29) is 0 Å². The van der Waals surface area contributed by atoms with E-state index >= 15 is 0 Å². The number of rotatable bonds is 1. The fraction of sp³-hybridized carbons (Fsp3) is 0.400. The summed E-state index contributed by atoms with van der Waals surface area (Å²) in [7, 11) is 1.60. The van der Waals surface area contributed by atoms with Crippen molar-refractivity contribution in [2.24, 2.45) is 11.5 Å². The van der Waals surface area contributed by atoms with Crippen LogP contribution in [0.1, 0.15) is 6.92 Å². The molecule has 0 aromatic carbocycles. The lowest BCUT2D eigenvalue weighted by molar-refractivity contribution is 0.256. The van der Waals surface area contributed by atoms with E-state index < -0.39 is 6.03 Å². The van der Waals surface area contributed by atoms with Crippen molar-refractivity contribution < 1.29 is 9.53 Å². The summed E-state index contributed by atoms with van der Waals surface area (Å²) >= 11 is 0. The number of carbonyl (C=O) groups is 1. The minimum absolute atomic E-state index is 0.755. The van der Waals surface area contributed by atoms with Gasteiger partial charge in [-0.2, -0.15) is 0 Å². The molecule has 0 heterocycles. The van der Waals surface area contributed by atoms with E-state index in [9.17, 15) is 0 Å². The average Bonchev–Trinajstić information content (AvgIpc) is 1.65. The van der Waals surface area contributed by atoms with Crippen LogP contribution in [0, 0.1) is 0 Å². The van der Waals surface area contributed by atoms with E-state index in [0.29, 0.717) is 0 Å². The molecule has 0 unspecified atom stereocenters. The Bertz CT molecular complexity index is 97.1. The Balaban J connectivity index is 0. The molecule has 0 aliphatic heterocycles. The quantitative estimate of drug-likeness (QED) is 0.499. The molecule has 0 saturated heterocycles. The molecule has 0 aromatic rings. The monoisotopic (exact) mass is 132 g/mol. The molecule has 0 aliphatic rings. The lowest BCUT2D eigenvalue weighted by Gasteiger charge is -1.88. The number of primary amides is 2. The molecule has 54 valence electrons. The average molecular weight is 132 g/mol. The molecule has 0 spiro atoms. The van der Waals surface area contributed by atoms with Crippen molar-refractivity contribution in [3.05, 3.63) is 12.3 Å². The van der Waals surface area contributed by atoms with Gasteiger partial charge in [-0.15, -0.1) is 0 Å². The van der Waals surface area contributed by atoms with E-state index in [1.54, 1.807) is 14.0 Å². The lowest BCUT2D eigenvalue weighted by Crippen LogP contribution is -2.18. The van der Waals surface area contributed by atoms with Gasteiger partial charge in [-0.3, -0.25) is 0 Å². The number of amides is 2. The van der Waals surface area contributed by atoms with E-state index in [4.69, 9.17) is 4.79 Å². The molecule has 0 radical (unpaired) electrons. The molecular formula is C5H12N2O2. The minimum Gasteiger partial charge on any atom is -0.502 e. The van der Waals surface area contributed by atoms with Crippen LogP contribution in [0.2, 0.25) is 0 Å². The van der Waals surface area contributed by atoms with Gasteiger partial charge < -0.3 is 16.2 Å². The maximum Gasteiger partial charge on any atom is 0.309 e. The van der Waals surface area contributed by atoms with Crippen LogP contribution in [0.3, 0.4) is 0 Å². The van der Waals surface area contributed by atoms with Crippen molar-refractivity contribution in [1.82, 2.24) is 0 Å². The molecule has 0 saturated carbocycles. The second-order valence-electron chi connectivity index (χ2n) is 1.31. The van der Waals surface area contributed by atoms with Crippen molar-refractivity contribution in [2.45, 2.75) is 6.92 Å². The van der Waals surface area contributed by atoms with E-state index in [1.807, 2.05) is 0 Å². The van der Waals surface area contributed by atoms with E-state index in [0.717, 1.165) is 5.76 Å². The second kappa shape index (κ2) is 6.81. The Morgan fingerprint density at radius 1 is 1.56 bits per heavy atom. The molecule has 0 aromatic heterocycles. The third-order valence-corrected chi connectivity index (χ3v) is 0.348. The summed E-state index contributed by atoms with van der Waals surface area (Å²) < 4.78 is 4.56. The Labute approximate surface area is 54.5 Å². The van der Waals surface area contributed by atoms with Crippen LogP contribution in [-0.4, -0.2) is 13.1 Å². The van der Waals surface area contributed by atoms with Crippen LogP contribution < -0.4 is 11.5 Å². The van der Waals surface area contributed by atoms with Gasteiger partial charge in [0.2, 0.25) is 0 Å². The largest absolute Gasteiger partial charge is 0.502 e. The van der Waals surface area contributed by atoms with E-state index in [2.05, 4.69) is 22.8 Å². The Hall–Kier alpha value is -1.19. The number of hydrogen-bond acceptors (Lipinski definition) is 2. The molecule has 4 nitrogen and oxygen atoms in total. The van der Waals surface area contributed by atoms with Gasteiger partial charge in [0, 0.05) is 0 Å². The van der Waals surface area contributed by atoms with Crippen molar-refractivity contribution >= 4 is 6.03 Å². The first-order valence-electron chi connectivity index (χ1n) is 2.25. The van der Waals surface area contributed by atoms with Crippen molar-refractivity contribution in [3.63, 3.8) is 0 Å².